The lowest BCUT2D eigenvalue weighted by molar-refractivity contribution is 0.115. The first kappa shape index (κ1) is 23.1. The Morgan fingerprint density at radius 3 is 1.70 bits per heavy atom. The van der Waals surface area contributed by atoms with Crippen LogP contribution in [0.15, 0.2) is 0 Å². The van der Waals surface area contributed by atoms with Crippen molar-refractivity contribution in [3.8, 4) is 0 Å². The average Bonchev–Trinajstić information content (AvgIpc) is 2.43. The van der Waals surface area contributed by atoms with Gasteiger partial charge in [-0.15, -0.1) is 0 Å². The van der Waals surface area contributed by atoms with Gasteiger partial charge in [0.15, 0.2) is 0 Å². The third kappa shape index (κ3) is 18.3. The first-order chi connectivity index (χ1) is 10.8. The summed E-state index contributed by atoms with van der Waals surface area (Å²) in [6, 6.07) is 0. The summed E-state index contributed by atoms with van der Waals surface area (Å²) < 4.78 is 16.1. The molecule has 0 radical (unpaired) electrons. The molecule has 0 saturated carbocycles. The summed E-state index contributed by atoms with van der Waals surface area (Å²) >= 11 is 0. The molecule has 0 heterocycles. The Kier molecular flexibility index (Phi) is 14.5. The standard InChI is InChI=1S/C18H39O4P/c1-4-5-6-7-8-9-12-15-18(22-23(19,20)21)16-13-10-11-14-17(2)3/h17-18H,4-16H2,1-3H3,(H2,19,20,21). The first-order valence-electron chi connectivity index (χ1n) is 9.59. The highest BCUT2D eigenvalue weighted by Crippen LogP contribution is 2.39. The zero-order valence-electron chi connectivity index (χ0n) is 15.5. The smallest absolute Gasteiger partial charge is 0.303 e. The van der Waals surface area contributed by atoms with Crippen LogP contribution in [0.5, 0.6) is 0 Å². The van der Waals surface area contributed by atoms with Crippen molar-refractivity contribution in [2.75, 3.05) is 0 Å². The molecular formula is C18H39O4P. The lowest BCUT2D eigenvalue weighted by atomic mass is 10.0. The molecule has 0 aliphatic rings. The molecule has 140 valence electrons. The van der Waals surface area contributed by atoms with E-state index in [2.05, 4.69) is 20.8 Å². The quantitative estimate of drug-likeness (QED) is 0.256. The number of rotatable bonds is 16. The number of unbranched alkanes of at least 4 members (excludes halogenated alkanes) is 8. The fourth-order valence-corrected chi connectivity index (χ4v) is 3.47. The van der Waals surface area contributed by atoms with Gasteiger partial charge in [0.1, 0.15) is 0 Å². The van der Waals surface area contributed by atoms with Gasteiger partial charge < -0.3 is 9.79 Å². The molecule has 0 rings (SSSR count). The van der Waals surface area contributed by atoms with Crippen molar-refractivity contribution in [2.24, 2.45) is 5.92 Å². The lowest BCUT2D eigenvalue weighted by Crippen LogP contribution is -2.11. The van der Waals surface area contributed by atoms with Crippen LogP contribution in [0.4, 0.5) is 0 Å². The van der Waals surface area contributed by atoms with E-state index in [-0.39, 0.29) is 6.10 Å². The molecule has 4 nitrogen and oxygen atoms in total. The molecule has 5 heteroatoms. The third-order valence-electron chi connectivity index (χ3n) is 4.22. The molecule has 0 aromatic rings. The normalized spacial score (nSPS) is 13.7. The van der Waals surface area contributed by atoms with Crippen molar-refractivity contribution in [3.63, 3.8) is 0 Å². The highest BCUT2D eigenvalue weighted by Gasteiger charge is 2.21. The molecule has 0 aromatic carbocycles. The summed E-state index contributed by atoms with van der Waals surface area (Å²) in [5.41, 5.74) is 0. The Bertz CT molecular complexity index is 301. The van der Waals surface area contributed by atoms with Gasteiger partial charge in [-0.2, -0.15) is 0 Å². The fraction of sp³-hybridized carbons (Fsp3) is 1.00. The molecule has 0 aromatic heterocycles. The van der Waals surface area contributed by atoms with E-state index in [1.165, 1.54) is 44.9 Å². The van der Waals surface area contributed by atoms with Crippen LogP contribution >= 0.6 is 7.82 Å². The molecule has 0 aliphatic heterocycles. The van der Waals surface area contributed by atoms with Crippen LogP contribution in [0.2, 0.25) is 0 Å². The summed E-state index contributed by atoms with van der Waals surface area (Å²) in [4.78, 5) is 18.1. The fourth-order valence-electron chi connectivity index (χ4n) is 2.87. The number of hydrogen-bond acceptors (Lipinski definition) is 2. The molecule has 0 saturated heterocycles. The van der Waals surface area contributed by atoms with Crippen molar-refractivity contribution in [1.82, 2.24) is 0 Å². The summed E-state index contributed by atoms with van der Waals surface area (Å²) in [6.45, 7) is 6.66. The van der Waals surface area contributed by atoms with E-state index in [1.807, 2.05) is 0 Å². The predicted molar refractivity (Wildman–Crippen MR) is 97.5 cm³/mol. The van der Waals surface area contributed by atoms with E-state index >= 15 is 0 Å². The van der Waals surface area contributed by atoms with E-state index in [4.69, 9.17) is 14.3 Å². The van der Waals surface area contributed by atoms with Crippen molar-refractivity contribution in [3.05, 3.63) is 0 Å². The molecule has 0 aliphatic carbocycles. The zero-order valence-corrected chi connectivity index (χ0v) is 16.4. The van der Waals surface area contributed by atoms with E-state index in [0.29, 0.717) is 0 Å². The predicted octanol–water partition coefficient (Wildman–Crippen LogP) is 6.21. The summed E-state index contributed by atoms with van der Waals surface area (Å²) in [5, 5.41) is 0. The van der Waals surface area contributed by atoms with Gasteiger partial charge in [-0.3, -0.25) is 4.52 Å². The van der Waals surface area contributed by atoms with Crippen LogP contribution in [0.25, 0.3) is 0 Å². The highest BCUT2D eigenvalue weighted by molar-refractivity contribution is 7.46. The summed E-state index contributed by atoms with van der Waals surface area (Å²) in [7, 11) is -4.36. The zero-order chi connectivity index (χ0) is 17.6. The minimum absolute atomic E-state index is 0.287. The Labute approximate surface area is 143 Å². The van der Waals surface area contributed by atoms with Crippen molar-refractivity contribution >= 4 is 7.82 Å². The van der Waals surface area contributed by atoms with Crippen molar-refractivity contribution in [2.45, 2.75) is 110 Å². The molecule has 0 bridgehead atoms. The van der Waals surface area contributed by atoms with E-state index in [1.54, 1.807) is 0 Å². The van der Waals surface area contributed by atoms with Gasteiger partial charge in [-0.25, -0.2) is 4.57 Å². The molecule has 2 N–H and O–H groups in total. The Morgan fingerprint density at radius 2 is 1.22 bits per heavy atom. The van der Waals surface area contributed by atoms with Gasteiger partial charge in [0.2, 0.25) is 0 Å². The van der Waals surface area contributed by atoms with Crippen molar-refractivity contribution < 1.29 is 18.9 Å². The summed E-state index contributed by atoms with van der Waals surface area (Å²) in [6.07, 6.45) is 14.3. The van der Waals surface area contributed by atoms with Gasteiger partial charge in [-0.1, -0.05) is 91.4 Å². The number of phosphoric acid groups is 1. The lowest BCUT2D eigenvalue weighted by Gasteiger charge is -2.18. The Hall–Kier alpha value is 0.110. The second-order valence-electron chi connectivity index (χ2n) is 7.16. The SMILES string of the molecule is CCCCCCCCCC(CCCCCC(C)C)OP(=O)(O)O. The van der Waals surface area contributed by atoms with Crippen LogP contribution in [0, 0.1) is 5.92 Å². The average molecular weight is 350 g/mol. The number of phosphoric ester groups is 1. The third-order valence-corrected chi connectivity index (χ3v) is 4.80. The van der Waals surface area contributed by atoms with Crippen LogP contribution in [0.3, 0.4) is 0 Å². The minimum Gasteiger partial charge on any atom is -0.303 e. The van der Waals surface area contributed by atoms with E-state index < -0.39 is 7.82 Å². The van der Waals surface area contributed by atoms with Gasteiger partial charge in [-0.05, 0) is 18.8 Å². The van der Waals surface area contributed by atoms with E-state index in [0.717, 1.165) is 44.4 Å². The Balaban J connectivity index is 3.85. The van der Waals surface area contributed by atoms with Crippen LogP contribution in [0.1, 0.15) is 104 Å². The monoisotopic (exact) mass is 350 g/mol. The summed E-state index contributed by atoms with van der Waals surface area (Å²) in [5.74, 6) is 0.727. The van der Waals surface area contributed by atoms with Gasteiger partial charge in [0, 0.05) is 0 Å². The second kappa shape index (κ2) is 14.5. The second-order valence-corrected chi connectivity index (χ2v) is 8.35. The van der Waals surface area contributed by atoms with Crippen molar-refractivity contribution in [1.29, 1.82) is 0 Å². The van der Waals surface area contributed by atoms with E-state index in [9.17, 15) is 4.57 Å². The number of hydrogen-bond donors (Lipinski definition) is 2. The maximum absolute atomic E-state index is 11.1. The largest absolute Gasteiger partial charge is 0.469 e. The molecule has 23 heavy (non-hydrogen) atoms. The maximum Gasteiger partial charge on any atom is 0.469 e. The van der Waals surface area contributed by atoms with Crippen LogP contribution in [-0.2, 0) is 9.09 Å². The van der Waals surface area contributed by atoms with Gasteiger partial charge in [0.05, 0.1) is 6.10 Å². The molecule has 0 spiro atoms. The maximum atomic E-state index is 11.1. The molecular weight excluding hydrogens is 311 g/mol. The molecule has 0 fully saturated rings. The topological polar surface area (TPSA) is 66.8 Å². The van der Waals surface area contributed by atoms with Gasteiger partial charge in [0.25, 0.3) is 0 Å². The minimum atomic E-state index is -4.36. The highest BCUT2D eigenvalue weighted by atomic mass is 31.2. The van der Waals surface area contributed by atoms with Gasteiger partial charge >= 0.3 is 7.82 Å². The Morgan fingerprint density at radius 1 is 0.783 bits per heavy atom. The molecule has 1 atom stereocenters. The van der Waals surface area contributed by atoms with Crippen LogP contribution in [-0.4, -0.2) is 15.9 Å². The molecule has 0 amide bonds. The van der Waals surface area contributed by atoms with Crippen LogP contribution < -0.4 is 0 Å². The first-order valence-corrected chi connectivity index (χ1v) is 11.1. The molecule has 1 unspecified atom stereocenters.